The van der Waals surface area contributed by atoms with Gasteiger partial charge in [0.15, 0.2) is 0 Å². The van der Waals surface area contributed by atoms with Crippen molar-refractivity contribution in [2.24, 2.45) is 0 Å². The molecule has 0 saturated carbocycles. The number of rotatable bonds is 6. The van der Waals surface area contributed by atoms with E-state index in [1.165, 1.54) is 6.33 Å². The average Bonchev–Trinajstić information content (AvgIpc) is 2.91. The summed E-state index contributed by atoms with van der Waals surface area (Å²) in [7, 11) is 0. The van der Waals surface area contributed by atoms with Gasteiger partial charge in [0, 0.05) is 5.69 Å². The zero-order chi connectivity index (χ0) is 13.5. The summed E-state index contributed by atoms with van der Waals surface area (Å²) >= 11 is 0. The SMILES string of the molecule is CCOC(=O)CNc1ccccc1Cn1cncn1. The second-order valence-corrected chi connectivity index (χ2v) is 3.91. The minimum Gasteiger partial charge on any atom is -0.465 e. The summed E-state index contributed by atoms with van der Waals surface area (Å²) in [6.07, 6.45) is 3.15. The molecule has 6 heteroatoms. The molecule has 0 radical (unpaired) electrons. The fourth-order valence-electron chi connectivity index (χ4n) is 1.70. The van der Waals surface area contributed by atoms with Gasteiger partial charge >= 0.3 is 5.97 Å². The van der Waals surface area contributed by atoms with E-state index in [-0.39, 0.29) is 12.5 Å². The van der Waals surface area contributed by atoms with Crippen LogP contribution < -0.4 is 5.32 Å². The molecule has 19 heavy (non-hydrogen) atoms. The van der Waals surface area contributed by atoms with Gasteiger partial charge in [-0.3, -0.25) is 4.79 Å². The summed E-state index contributed by atoms with van der Waals surface area (Å²) in [6.45, 7) is 2.94. The number of esters is 1. The highest BCUT2D eigenvalue weighted by atomic mass is 16.5. The van der Waals surface area contributed by atoms with E-state index in [1.807, 2.05) is 24.3 Å². The van der Waals surface area contributed by atoms with Crippen molar-refractivity contribution in [1.82, 2.24) is 14.8 Å². The minimum atomic E-state index is -0.266. The summed E-state index contributed by atoms with van der Waals surface area (Å²) in [6, 6.07) is 7.76. The minimum absolute atomic E-state index is 0.155. The lowest BCUT2D eigenvalue weighted by molar-refractivity contribution is -0.140. The molecule has 2 aromatic rings. The third kappa shape index (κ3) is 3.80. The largest absolute Gasteiger partial charge is 0.465 e. The third-order valence-electron chi connectivity index (χ3n) is 2.54. The Hall–Kier alpha value is -2.37. The first-order chi connectivity index (χ1) is 9.29. The molecule has 0 aliphatic carbocycles. The number of para-hydroxylation sites is 1. The van der Waals surface area contributed by atoms with Gasteiger partial charge in [-0.25, -0.2) is 9.67 Å². The van der Waals surface area contributed by atoms with E-state index in [2.05, 4.69) is 15.4 Å². The standard InChI is InChI=1S/C13H16N4O2/c1-2-19-13(18)7-15-12-6-4-3-5-11(12)8-17-10-14-9-16-17/h3-6,9-10,15H,2,7-8H2,1H3. The van der Waals surface area contributed by atoms with Gasteiger partial charge in [0.25, 0.3) is 0 Å². The van der Waals surface area contributed by atoms with Crippen LogP contribution in [0.3, 0.4) is 0 Å². The lowest BCUT2D eigenvalue weighted by Crippen LogP contribution is -2.17. The van der Waals surface area contributed by atoms with Gasteiger partial charge in [0.1, 0.15) is 19.2 Å². The molecule has 0 spiro atoms. The molecule has 1 aromatic heterocycles. The second-order valence-electron chi connectivity index (χ2n) is 3.91. The van der Waals surface area contributed by atoms with Crippen molar-refractivity contribution >= 4 is 11.7 Å². The Morgan fingerprint density at radius 1 is 1.42 bits per heavy atom. The predicted molar refractivity (Wildman–Crippen MR) is 70.7 cm³/mol. The molecule has 6 nitrogen and oxygen atoms in total. The lowest BCUT2D eigenvalue weighted by atomic mass is 10.2. The topological polar surface area (TPSA) is 69.0 Å². The van der Waals surface area contributed by atoms with Crippen LogP contribution in [0.15, 0.2) is 36.9 Å². The van der Waals surface area contributed by atoms with Crippen LogP contribution >= 0.6 is 0 Å². The summed E-state index contributed by atoms with van der Waals surface area (Å²) in [4.78, 5) is 15.2. The van der Waals surface area contributed by atoms with E-state index in [1.54, 1.807) is 17.9 Å². The van der Waals surface area contributed by atoms with Gasteiger partial charge < -0.3 is 10.1 Å². The Morgan fingerprint density at radius 3 is 3.00 bits per heavy atom. The molecule has 100 valence electrons. The van der Waals surface area contributed by atoms with Crippen molar-refractivity contribution in [3.8, 4) is 0 Å². The molecule has 1 N–H and O–H groups in total. The normalized spacial score (nSPS) is 10.2. The first-order valence-corrected chi connectivity index (χ1v) is 6.09. The average molecular weight is 260 g/mol. The lowest BCUT2D eigenvalue weighted by Gasteiger charge is -2.11. The number of ether oxygens (including phenoxy) is 1. The van der Waals surface area contributed by atoms with Gasteiger partial charge in [0.2, 0.25) is 0 Å². The Balaban J connectivity index is 2.02. The van der Waals surface area contributed by atoms with E-state index in [4.69, 9.17) is 4.74 Å². The van der Waals surface area contributed by atoms with Crippen LogP contribution in [0.4, 0.5) is 5.69 Å². The highest BCUT2D eigenvalue weighted by molar-refractivity contribution is 5.75. The van der Waals surface area contributed by atoms with Crippen LogP contribution in [-0.2, 0) is 16.1 Å². The van der Waals surface area contributed by atoms with Crippen molar-refractivity contribution in [3.63, 3.8) is 0 Å². The van der Waals surface area contributed by atoms with Gasteiger partial charge in [-0.1, -0.05) is 18.2 Å². The van der Waals surface area contributed by atoms with E-state index in [0.717, 1.165) is 11.3 Å². The van der Waals surface area contributed by atoms with Gasteiger partial charge in [0.05, 0.1) is 13.2 Å². The molecule has 0 bridgehead atoms. The fraction of sp³-hybridized carbons (Fsp3) is 0.308. The molecule has 0 atom stereocenters. The zero-order valence-corrected chi connectivity index (χ0v) is 10.7. The van der Waals surface area contributed by atoms with Crippen molar-refractivity contribution in [2.45, 2.75) is 13.5 Å². The first-order valence-electron chi connectivity index (χ1n) is 6.09. The Morgan fingerprint density at radius 2 is 2.26 bits per heavy atom. The van der Waals surface area contributed by atoms with Crippen molar-refractivity contribution in [1.29, 1.82) is 0 Å². The van der Waals surface area contributed by atoms with Gasteiger partial charge in [-0.05, 0) is 18.6 Å². The molecule has 2 rings (SSSR count). The van der Waals surface area contributed by atoms with Gasteiger partial charge in [-0.15, -0.1) is 0 Å². The number of hydrogen-bond acceptors (Lipinski definition) is 5. The molecule has 1 aromatic carbocycles. The Bertz CT molecular complexity index is 525. The van der Waals surface area contributed by atoms with E-state index in [9.17, 15) is 4.79 Å². The maximum Gasteiger partial charge on any atom is 0.325 e. The molecule has 0 aliphatic heterocycles. The van der Waals surface area contributed by atoms with Gasteiger partial charge in [-0.2, -0.15) is 5.10 Å². The number of nitrogens with one attached hydrogen (secondary N) is 1. The Kier molecular flexibility index (Phi) is 4.49. The molecule has 0 fully saturated rings. The molecular formula is C13H16N4O2. The number of nitrogens with zero attached hydrogens (tertiary/aromatic N) is 3. The van der Waals surface area contributed by atoms with Crippen LogP contribution in [0.1, 0.15) is 12.5 Å². The van der Waals surface area contributed by atoms with Crippen molar-refractivity contribution in [3.05, 3.63) is 42.5 Å². The summed E-state index contributed by atoms with van der Waals surface area (Å²) in [5.74, 6) is -0.266. The van der Waals surface area contributed by atoms with Crippen molar-refractivity contribution in [2.75, 3.05) is 18.5 Å². The smallest absolute Gasteiger partial charge is 0.325 e. The molecule has 1 heterocycles. The molecular weight excluding hydrogens is 244 g/mol. The summed E-state index contributed by atoms with van der Waals surface area (Å²) < 4.78 is 6.61. The quantitative estimate of drug-likeness (QED) is 0.793. The maximum atomic E-state index is 11.3. The molecule has 0 unspecified atom stereocenters. The molecule has 0 aliphatic rings. The maximum absolute atomic E-state index is 11.3. The number of carbonyl (C=O) groups excluding carboxylic acids is 1. The fourth-order valence-corrected chi connectivity index (χ4v) is 1.70. The zero-order valence-electron chi connectivity index (χ0n) is 10.7. The van der Waals surface area contributed by atoms with Crippen LogP contribution in [0.25, 0.3) is 0 Å². The molecule has 0 amide bonds. The highest BCUT2D eigenvalue weighted by Gasteiger charge is 2.05. The van der Waals surface area contributed by atoms with E-state index < -0.39 is 0 Å². The monoisotopic (exact) mass is 260 g/mol. The number of carbonyl (C=O) groups is 1. The number of hydrogen-bond donors (Lipinski definition) is 1. The van der Waals surface area contributed by atoms with Crippen LogP contribution in [0.5, 0.6) is 0 Å². The predicted octanol–water partition coefficient (Wildman–Crippen LogP) is 1.30. The van der Waals surface area contributed by atoms with Crippen LogP contribution in [0, 0.1) is 0 Å². The number of benzene rings is 1. The first kappa shape index (κ1) is 13.1. The number of aromatic nitrogens is 3. The van der Waals surface area contributed by atoms with E-state index in [0.29, 0.717) is 13.2 Å². The number of anilines is 1. The second kappa shape index (κ2) is 6.53. The Labute approximate surface area is 111 Å². The van der Waals surface area contributed by atoms with Crippen molar-refractivity contribution < 1.29 is 9.53 Å². The van der Waals surface area contributed by atoms with Crippen LogP contribution in [-0.4, -0.2) is 33.9 Å². The third-order valence-corrected chi connectivity index (χ3v) is 2.54. The van der Waals surface area contributed by atoms with E-state index >= 15 is 0 Å². The summed E-state index contributed by atoms with van der Waals surface area (Å²) in [5, 5.41) is 7.14. The highest BCUT2D eigenvalue weighted by Crippen LogP contribution is 2.15. The van der Waals surface area contributed by atoms with Crippen LogP contribution in [0.2, 0.25) is 0 Å². The summed E-state index contributed by atoms with van der Waals surface area (Å²) in [5.41, 5.74) is 1.93. The molecule has 0 saturated heterocycles.